The topological polar surface area (TPSA) is 77.5 Å². The van der Waals surface area contributed by atoms with E-state index in [4.69, 9.17) is 9.47 Å². The maximum absolute atomic E-state index is 12.1. The fourth-order valence-corrected chi connectivity index (χ4v) is 1.45. The molecule has 6 nitrogen and oxygen atoms in total. The zero-order valence-corrected chi connectivity index (χ0v) is 12.4. The number of methoxy groups -OCH3 is 1. The lowest BCUT2D eigenvalue weighted by Gasteiger charge is -2.22. The number of nitrogens with one attached hydrogen (secondary N) is 1. The van der Waals surface area contributed by atoms with Crippen LogP contribution in [-0.2, 0) is 9.53 Å². The van der Waals surface area contributed by atoms with E-state index in [-0.39, 0.29) is 11.4 Å². The van der Waals surface area contributed by atoms with Crippen molar-refractivity contribution >= 4 is 11.9 Å². The van der Waals surface area contributed by atoms with Gasteiger partial charge < -0.3 is 14.8 Å². The van der Waals surface area contributed by atoms with Gasteiger partial charge in [-0.15, -0.1) is 0 Å². The monoisotopic (exact) mass is 280 g/mol. The van der Waals surface area contributed by atoms with Crippen molar-refractivity contribution in [2.75, 3.05) is 7.11 Å². The van der Waals surface area contributed by atoms with Crippen molar-refractivity contribution in [3.63, 3.8) is 0 Å². The normalized spacial score (nSPS) is 12.4. The van der Waals surface area contributed by atoms with Gasteiger partial charge in [-0.25, -0.2) is 9.78 Å². The Balaban J connectivity index is 2.73. The van der Waals surface area contributed by atoms with Crippen LogP contribution in [0.1, 0.15) is 38.1 Å². The molecule has 1 aromatic rings. The van der Waals surface area contributed by atoms with Gasteiger partial charge in [-0.3, -0.25) is 4.79 Å². The lowest BCUT2D eigenvalue weighted by Crippen LogP contribution is -2.42. The molecule has 1 N–H and O–H groups in total. The van der Waals surface area contributed by atoms with Crippen molar-refractivity contribution in [3.8, 4) is 5.88 Å². The van der Waals surface area contributed by atoms with Crippen molar-refractivity contribution in [3.05, 3.63) is 23.9 Å². The Bertz CT molecular complexity index is 494. The van der Waals surface area contributed by atoms with Gasteiger partial charge in [0.25, 0.3) is 5.91 Å². The van der Waals surface area contributed by atoms with Gasteiger partial charge in [0, 0.05) is 6.20 Å². The van der Waals surface area contributed by atoms with Crippen LogP contribution in [0.25, 0.3) is 0 Å². The first-order valence-corrected chi connectivity index (χ1v) is 6.27. The number of nitrogens with zero attached hydrogens (tertiary/aromatic N) is 1. The molecule has 0 spiro atoms. The molecule has 1 amide bonds. The molecule has 0 saturated carbocycles. The van der Waals surface area contributed by atoms with Gasteiger partial charge in [-0.05, 0) is 39.8 Å². The Morgan fingerprint density at radius 3 is 2.55 bits per heavy atom. The minimum Gasteiger partial charge on any atom is -0.480 e. The Labute approximate surface area is 118 Å². The second kappa shape index (κ2) is 6.36. The van der Waals surface area contributed by atoms with Gasteiger partial charge in [0.1, 0.15) is 17.2 Å². The molecular weight excluding hydrogens is 260 g/mol. The fraction of sp³-hybridized carbons (Fsp3) is 0.500. The average molecular weight is 280 g/mol. The summed E-state index contributed by atoms with van der Waals surface area (Å²) in [6.07, 6.45) is 1.52. The molecule has 1 rings (SSSR count). The number of hydrogen-bond donors (Lipinski definition) is 1. The summed E-state index contributed by atoms with van der Waals surface area (Å²) in [7, 11) is 1.43. The summed E-state index contributed by atoms with van der Waals surface area (Å²) in [5, 5.41) is 2.56. The predicted molar refractivity (Wildman–Crippen MR) is 73.6 cm³/mol. The van der Waals surface area contributed by atoms with E-state index in [1.54, 1.807) is 39.8 Å². The summed E-state index contributed by atoms with van der Waals surface area (Å²) >= 11 is 0. The van der Waals surface area contributed by atoms with Crippen molar-refractivity contribution in [1.82, 2.24) is 10.3 Å². The quantitative estimate of drug-likeness (QED) is 0.847. The summed E-state index contributed by atoms with van der Waals surface area (Å²) < 4.78 is 10.2. The highest BCUT2D eigenvalue weighted by Gasteiger charge is 2.24. The van der Waals surface area contributed by atoms with Gasteiger partial charge in [0.15, 0.2) is 0 Å². The molecule has 0 bridgehead atoms. The molecule has 1 aromatic heterocycles. The first kappa shape index (κ1) is 15.9. The Hall–Kier alpha value is -2.11. The van der Waals surface area contributed by atoms with Crippen LogP contribution in [0, 0.1) is 0 Å². The summed E-state index contributed by atoms with van der Waals surface area (Å²) in [5.41, 5.74) is -0.326. The maximum Gasteiger partial charge on any atom is 0.328 e. The summed E-state index contributed by atoms with van der Waals surface area (Å²) in [5.74, 6) is -0.719. The van der Waals surface area contributed by atoms with Crippen LogP contribution in [-0.4, -0.2) is 35.6 Å². The SMILES string of the molecule is COc1ncccc1C(=O)N[C@H](C)C(=O)OC(C)(C)C. The molecule has 0 saturated heterocycles. The number of esters is 1. The molecule has 1 heterocycles. The van der Waals surface area contributed by atoms with E-state index in [9.17, 15) is 9.59 Å². The largest absolute Gasteiger partial charge is 0.480 e. The van der Waals surface area contributed by atoms with Gasteiger partial charge in [0.2, 0.25) is 5.88 Å². The number of carbonyl (C=O) groups excluding carboxylic acids is 2. The van der Waals surface area contributed by atoms with Crippen molar-refractivity contribution in [2.24, 2.45) is 0 Å². The van der Waals surface area contributed by atoms with E-state index in [1.807, 2.05) is 0 Å². The standard InChI is InChI=1S/C14H20N2O4/c1-9(13(18)20-14(2,3)4)16-11(17)10-7-6-8-15-12(10)19-5/h6-9H,1-5H3,(H,16,17)/t9-/m1/s1. The highest BCUT2D eigenvalue weighted by atomic mass is 16.6. The van der Waals surface area contributed by atoms with E-state index < -0.39 is 23.5 Å². The lowest BCUT2D eigenvalue weighted by molar-refractivity contribution is -0.156. The third kappa shape index (κ3) is 4.53. The molecule has 20 heavy (non-hydrogen) atoms. The van der Waals surface area contributed by atoms with Crippen LogP contribution in [0.15, 0.2) is 18.3 Å². The smallest absolute Gasteiger partial charge is 0.328 e. The number of carbonyl (C=O) groups is 2. The molecule has 6 heteroatoms. The molecule has 0 radical (unpaired) electrons. The van der Waals surface area contributed by atoms with Crippen molar-refractivity contribution < 1.29 is 19.1 Å². The minimum atomic E-state index is -0.758. The lowest BCUT2D eigenvalue weighted by atomic mass is 10.2. The molecule has 0 unspecified atom stereocenters. The van der Waals surface area contributed by atoms with Gasteiger partial charge in [-0.1, -0.05) is 0 Å². The highest BCUT2D eigenvalue weighted by Crippen LogP contribution is 2.14. The van der Waals surface area contributed by atoms with E-state index in [0.717, 1.165) is 0 Å². The molecular formula is C14H20N2O4. The molecule has 0 aromatic carbocycles. The van der Waals surface area contributed by atoms with E-state index in [0.29, 0.717) is 0 Å². The van der Waals surface area contributed by atoms with Gasteiger partial charge >= 0.3 is 5.97 Å². The highest BCUT2D eigenvalue weighted by molar-refractivity contribution is 5.98. The number of hydrogen-bond acceptors (Lipinski definition) is 5. The first-order chi connectivity index (χ1) is 9.24. The van der Waals surface area contributed by atoms with Crippen molar-refractivity contribution in [2.45, 2.75) is 39.3 Å². The van der Waals surface area contributed by atoms with E-state index in [2.05, 4.69) is 10.3 Å². The molecule has 1 atom stereocenters. The summed E-state index contributed by atoms with van der Waals surface area (Å²) in [4.78, 5) is 27.8. The van der Waals surface area contributed by atoms with Crippen LogP contribution in [0.5, 0.6) is 5.88 Å². The molecule has 0 aliphatic heterocycles. The number of aromatic nitrogens is 1. The second-order valence-corrected chi connectivity index (χ2v) is 5.29. The average Bonchev–Trinajstić information content (AvgIpc) is 2.36. The fourth-order valence-electron chi connectivity index (χ4n) is 1.45. The van der Waals surface area contributed by atoms with E-state index >= 15 is 0 Å². The number of amides is 1. The Morgan fingerprint density at radius 1 is 1.35 bits per heavy atom. The molecule has 110 valence electrons. The zero-order chi connectivity index (χ0) is 15.3. The third-order valence-corrected chi connectivity index (χ3v) is 2.32. The van der Waals surface area contributed by atoms with Crippen molar-refractivity contribution in [1.29, 1.82) is 0 Å². The molecule has 0 aliphatic carbocycles. The predicted octanol–water partition coefficient (Wildman–Crippen LogP) is 1.55. The van der Waals surface area contributed by atoms with Crippen LogP contribution in [0.2, 0.25) is 0 Å². The maximum atomic E-state index is 12.1. The Morgan fingerprint density at radius 2 is 2.00 bits per heavy atom. The Kier molecular flexibility index (Phi) is 5.07. The van der Waals surface area contributed by atoms with Crippen LogP contribution < -0.4 is 10.1 Å². The zero-order valence-electron chi connectivity index (χ0n) is 12.4. The van der Waals surface area contributed by atoms with Crippen LogP contribution in [0.4, 0.5) is 0 Å². The second-order valence-electron chi connectivity index (χ2n) is 5.29. The van der Waals surface area contributed by atoms with Crippen LogP contribution in [0.3, 0.4) is 0 Å². The summed E-state index contributed by atoms with van der Waals surface area (Å²) in [6, 6.07) is 2.44. The van der Waals surface area contributed by atoms with Crippen LogP contribution >= 0.6 is 0 Å². The van der Waals surface area contributed by atoms with Gasteiger partial charge in [0.05, 0.1) is 7.11 Å². The molecule has 0 fully saturated rings. The van der Waals surface area contributed by atoms with Gasteiger partial charge in [-0.2, -0.15) is 0 Å². The summed E-state index contributed by atoms with van der Waals surface area (Å²) in [6.45, 7) is 6.87. The number of pyridine rings is 1. The van der Waals surface area contributed by atoms with E-state index in [1.165, 1.54) is 13.3 Å². The number of rotatable bonds is 4. The minimum absolute atomic E-state index is 0.210. The third-order valence-electron chi connectivity index (χ3n) is 2.32. The molecule has 0 aliphatic rings. The first-order valence-electron chi connectivity index (χ1n) is 6.27. The number of ether oxygens (including phenoxy) is 2.